The van der Waals surface area contributed by atoms with Crippen LogP contribution < -0.4 is 20.7 Å². The summed E-state index contributed by atoms with van der Waals surface area (Å²) in [7, 11) is 1.57. The van der Waals surface area contributed by atoms with E-state index in [4.69, 9.17) is 4.74 Å². The molecule has 0 unspecified atom stereocenters. The van der Waals surface area contributed by atoms with E-state index in [1.807, 2.05) is 12.1 Å². The van der Waals surface area contributed by atoms with Crippen LogP contribution in [0.1, 0.15) is 37.8 Å². The number of imide groups is 1. The standard InChI is InChI=1S/C19H24N4O5/c1-12(24)20-15(13-3-5-14(28-2)6-4-13)11-16(25)23-9-7-19(8-10-23)17(26)21-18(27)22-19/h3-6,15H,7-11H2,1-2H3,(H,20,24)(H2,21,22,26,27)/t15-/m1/s1. The highest BCUT2D eigenvalue weighted by molar-refractivity contribution is 6.07. The van der Waals surface area contributed by atoms with Crippen molar-refractivity contribution in [1.29, 1.82) is 0 Å². The summed E-state index contributed by atoms with van der Waals surface area (Å²) < 4.78 is 5.14. The number of piperidine rings is 1. The quantitative estimate of drug-likeness (QED) is 0.634. The first kappa shape index (κ1) is 19.7. The number of hydrogen-bond donors (Lipinski definition) is 3. The molecule has 3 N–H and O–H groups in total. The zero-order valence-electron chi connectivity index (χ0n) is 15.9. The van der Waals surface area contributed by atoms with E-state index in [1.54, 1.807) is 24.1 Å². The largest absolute Gasteiger partial charge is 0.497 e. The third kappa shape index (κ3) is 4.08. The summed E-state index contributed by atoms with van der Waals surface area (Å²) in [6.07, 6.45) is 0.838. The van der Waals surface area contributed by atoms with Gasteiger partial charge in [-0.25, -0.2) is 4.79 Å². The molecule has 0 aromatic heterocycles. The Morgan fingerprint density at radius 1 is 1.21 bits per heavy atom. The van der Waals surface area contributed by atoms with Crippen molar-refractivity contribution in [3.8, 4) is 5.75 Å². The number of nitrogens with zero attached hydrogens (tertiary/aromatic N) is 1. The summed E-state index contributed by atoms with van der Waals surface area (Å²) in [5, 5.41) is 7.75. The Balaban J connectivity index is 1.64. The monoisotopic (exact) mass is 388 g/mol. The highest BCUT2D eigenvalue weighted by Crippen LogP contribution is 2.27. The van der Waals surface area contributed by atoms with Crippen molar-refractivity contribution in [3.05, 3.63) is 29.8 Å². The number of carbonyl (C=O) groups excluding carboxylic acids is 4. The zero-order valence-corrected chi connectivity index (χ0v) is 15.9. The lowest BCUT2D eigenvalue weighted by Gasteiger charge is -2.37. The van der Waals surface area contributed by atoms with Gasteiger partial charge in [0.25, 0.3) is 5.91 Å². The van der Waals surface area contributed by atoms with E-state index in [-0.39, 0.29) is 24.1 Å². The molecule has 0 saturated carbocycles. The second-order valence-electron chi connectivity index (χ2n) is 7.10. The van der Waals surface area contributed by atoms with Crippen molar-refractivity contribution in [1.82, 2.24) is 20.9 Å². The Labute approximate surface area is 162 Å². The van der Waals surface area contributed by atoms with Gasteiger partial charge in [-0.3, -0.25) is 19.7 Å². The van der Waals surface area contributed by atoms with Crippen molar-refractivity contribution in [2.75, 3.05) is 20.2 Å². The Morgan fingerprint density at radius 3 is 2.36 bits per heavy atom. The van der Waals surface area contributed by atoms with Gasteiger partial charge in [0.15, 0.2) is 0 Å². The van der Waals surface area contributed by atoms with Gasteiger partial charge >= 0.3 is 6.03 Å². The molecule has 3 rings (SSSR count). The van der Waals surface area contributed by atoms with Crippen LogP contribution in [0.4, 0.5) is 4.79 Å². The molecule has 1 aromatic rings. The minimum atomic E-state index is -0.916. The summed E-state index contributed by atoms with van der Waals surface area (Å²) in [5.41, 5.74) is -0.110. The van der Waals surface area contributed by atoms with Crippen molar-refractivity contribution in [2.24, 2.45) is 0 Å². The van der Waals surface area contributed by atoms with Crippen molar-refractivity contribution in [2.45, 2.75) is 37.8 Å². The van der Waals surface area contributed by atoms with Gasteiger partial charge < -0.3 is 20.3 Å². The summed E-state index contributed by atoms with van der Waals surface area (Å²) in [5.74, 6) is 0.0135. The summed E-state index contributed by atoms with van der Waals surface area (Å²) in [4.78, 5) is 49.5. The number of methoxy groups -OCH3 is 1. The molecule has 28 heavy (non-hydrogen) atoms. The third-order valence-electron chi connectivity index (χ3n) is 5.26. The number of likely N-dealkylation sites (tertiary alicyclic amines) is 1. The zero-order chi connectivity index (χ0) is 20.3. The van der Waals surface area contributed by atoms with E-state index in [1.165, 1.54) is 6.92 Å². The van der Waals surface area contributed by atoms with E-state index < -0.39 is 17.6 Å². The maximum absolute atomic E-state index is 12.8. The predicted octanol–water partition coefficient (Wildman–Crippen LogP) is 0.463. The number of hydrogen-bond acceptors (Lipinski definition) is 5. The summed E-state index contributed by atoms with van der Waals surface area (Å²) in [6, 6.07) is 6.24. The van der Waals surface area contributed by atoms with Crippen LogP contribution in [-0.2, 0) is 14.4 Å². The fraction of sp³-hybridized carbons (Fsp3) is 0.474. The Morgan fingerprint density at radius 2 is 1.86 bits per heavy atom. The smallest absolute Gasteiger partial charge is 0.322 e. The first-order valence-corrected chi connectivity index (χ1v) is 9.15. The Kier molecular flexibility index (Phi) is 5.53. The Bertz CT molecular complexity index is 784. The SMILES string of the molecule is COc1ccc([C@@H](CC(=O)N2CCC3(CC2)NC(=O)NC3=O)NC(C)=O)cc1. The van der Waals surface area contributed by atoms with Crippen LogP contribution in [0.5, 0.6) is 5.75 Å². The highest BCUT2D eigenvalue weighted by Gasteiger charge is 2.48. The molecule has 2 heterocycles. The van der Waals surface area contributed by atoms with Crippen LogP contribution in [0.15, 0.2) is 24.3 Å². The van der Waals surface area contributed by atoms with Crippen LogP contribution in [0.25, 0.3) is 0 Å². The van der Waals surface area contributed by atoms with Gasteiger partial charge in [0.05, 0.1) is 19.6 Å². The molecular formula is C19H24N4O5. The topological polar surface area (TPSA) is 117 Å². The molecule has 2 aliphatic heterocycles. The number of benzene rings is 1. The molecule has 0 radical (unpaired) electrons. The fourth-order valence-electron chi connectivity index (χ4n) is 3.66. The second-order valence-corrected chi connectivity index (χ2v) is 7.10. The summed E-state index contributed by atoms with van der Waals surface area (Å²) in [6.45, 7) is 2.14. The van der Waals surface area contributed by atoms with Crippen LogP contribution in [0.2, 0.25) is 0 Å². The van der Waals surface area contributed by atoms with Gasteiger partial charge in [-0.15, -0.1) is 0 Å². The molecule has 2 aliphatic rings. The van der Waals surface area contributed by atoms with Gasteiger partial charge in [0.1, 0.15) is 11.3 Å². The lowest BCUT2D eigenvalue weighted by molar-refractivity contribution is -0.136. The number of urea groups is 1. The average Bonchev–Trinajstić information content (AvgIpc) is 2.94. The van der Waals surface area contributed by atoms with Gasteiger partial charge in [0, 0.05) is 20.0 Å². The van der Waals surface area contributed by atoms with Gasteiger partial charge in [-0.05, 0) is 30.5 Å². The van der Waals surface area contributed by atoms with Crippen molar-refractivity contribution >= 4 is 23.8 Å². The molecule has 0 bridgehead atoms. The second kappa shape index (κ2) is 7.87. The van der Waals surface area contributed by atoms with Gasteiger partial charge in [-0.2, -0.15) is 0 Å². The van der Waals surface area contributed by atoms with E-state index in [9.17, 15) is 19.2 Å². The minimum Gasteiger partial charge on any atom is -0.497 e. The fourth-order valence-corrected chi connectivity index (χ4v) is 3.66. The van der Waals surface area contributed by atoms with E-state index in [0.29, 0.717) is 31.7 Å². The minimum absolute atomic E-state index is 0.109. The number of nitrogens with one attached hydrogen (secondary N) is 3. The summed E-state index contributed by atoms with van der Waals surface area (Å²) >= 11 is 0. The molecule has 1 spiro atoms. The molecule has 2 fully saturated rings. The molecular weight excluding hydrogens is 364 g/mol. The maximum atomic E-state index is 12.8. The van der Waals surface area contributed by atoms with Crippen LogP contribution in [0, 0.1) is 0 Å². The van der Waals surface area contributed by atoms with E-state index in [2.05, 4.69) is 16.0 Å². The number of carbonyl (C=O) groups is 4. The lowest BCUT2D eigenvalue weighted by Crippen LogP contribution is -2.56. The molecule has 150 valence electrons. The number of amides is 5. The maximum Gasteiger partial charge on any atom is 0.322 e. The van der Waals surface area contributed by atoms with E-state index >= 15 is 0 Å². The van der Waals surface area contributed by atoms with Crippen LogP contribution in [0.3, 0.4) is 0 Å². The molecule has 9 nitrogen and oxygen atoms in total. The van der Waals surface area contributed by atoms with Crippen molar-refractivity contribution in [3.63, 3.8) is 0 Å². The molecule has 2 saturated heterocycles. The lowest BCUT2D eigenvalue weighted by atomic mass is 9.87. The first-order chi connectivity index (χ1) is 13.3. The van der Waals surface area contributed by atoms with Crippen LogP contribution in [-0.4, -0.2) is 54.4 Å². The van der Waals surface area contributed by atoms with E-state index in [0.717, 1.165) is 5.56 Å². The van der Waals surface area contributed by atoms with Gasteiger partial charge in [-0.1, -0.05) is 12.1 Å². The molecule has 0 aliphatic carbocycles. The Hall–Kier alpha value is -3.10. The molecule has 1 aromatic carbocycles. The third-order valence-corrected chi connectivity index (χ3v) is 5.26. The predicted molar refractivity (Wildman–Crippen MR) is 99.4 cm³/mol. The first-order valence-electron chi connectivity index (χ1n) is 9.15. The molecule has 1 atom stereocenters. The highest BCUT2D eigenvalue weighted by atomic mass is 16.5. The average molecular weight is 388 g/mol. The van der Waals surface area contributed by atoms with Gasteiger partial charge in [0.2, 0.25) is 11.8 Å². The van der Waals surface area contributed by atoms with Crippen molar-refractivity contribution < 1.29 is 23.9 Å². The van der Waals surface area contributed by atoms with Crippen LogP contribution >= 0.6 is 0 Å². The number of rotatable bonds is 5. The normalized spacial score (nSPS) is 19.0. The molecule has 5 amide bonds. The number of ether oxygens (including phenoxy) is 1. The molecule has 9 heteroatoms.